The van der Waals surface area contributed by atoms with Gasteiger partial charge in [-0.25, -0.2) is 4.39 Å². The van der Waals surface area contributed by atoms with Gasteiger partial charge >= 0.3 is 0 Å². The van der Waals surface area contributed by atoms with E-state index in [4.69, 9.17) is 0 Å². The molecule has 2 N–H and O–H groups in total. The lowest BCUT2D eigenvalue weighted by Gasteiger charge is -2.34. The van der Waals surface area contributed by atoms with Crippen LogP contribution in [-0.4, -0.2) is 49.5 Å². The lowest BCUT2D eigenvalue weighted by atomic mass is 10.0. The third kappa shape index (κ3) is 7.06. The zero-order chi connectivity index (χ0) is 22.3. The Bertz CT molecular complexity index is 961. The first-order valence-corrected chi connectivity index (χ1v) is 11.4. The highest BCUT2D eigenvalue weighted by molar-refractivity contribution is 14.0. The summed E-state index contributed by atoms with van der Waals surface area (Å²) < 4.78 is 13.5. The van der Waals surface area contributed by atoms with Gasteiger partial charge in [0.05, 0.1) is 0 Å². The maximum Gasteiger partial charge on any atom is 0.222 e. The van der Waals surface area contributed by atoms with Crippen molar-refractivity contribution in [3.63, 3.8) is 0 Å². The number of aliphatic imine (C=N–C) groups is 1. The normalized spacial score (nSPS) is 17.2. The van der Waals surface area contributed by atoms with Gasteiger partial charge in [-0.15, -0.1) is 24.0 Å². The van der Waals surface area contributed by atoms with Gasteiger partial charge in [0.1, 0.15) is 5.82 Å². The number of anilines is 1. The van der Waals surface area contributed by atoms with Crippen LogP contribution >= 0.6 is 24.0 Å². The third-order valence-electron chi connectivity index (χ3n) is 6.23. The second-order valence-corrected chi connectivity index (χ2v) is 8.55. The van der Waals surface area contributed by atoms with Crippen LogP contribution in [0.2, 0.25) is 0 Å². The van der Waals surface area contributed by atoms with Crippen molar-refractivity contribution >= 4 is 41.5 Å². The number of carbonyl (C=O) groups is 1. The number of carbonyl (C=O) groups excluding carboxylic acids is 1. The van der Waals surface area contributed by atoms with E-state index in [1.165, 1.54) is 6.07 Å². The fourth-order valence-corrected chi connectivity index (χ4v) is 4.46. The Balaban J connectivity index is 0.00000306. The molecule has 2 aliphatic rings. The Labute approximate surface area is 212 Å². The van der Waals surface area contributed by atoms with Crippen LogP contribution in [0.4, 0.5) is 10.1 Å². The number of rotatable bonds is 6. The molecule has 0 saturated carbocycles. The van der Waals surface area contributed by atoms with Crippen molar-refractivity contribution in [3.8, 4) is 0 Å². The summed E-state index contributed by atoms with van der Waals surface area (Å²) in [5.41, 5.74) is 3.27. The van der Waals surface area contributed by atoms with Gasteiger partial charge in [0.2, 0.25) is 5.91 Å². The molecule has 0 spiro atoms. The van der Waals surface area contributed by atoms with Gasteiger partial charge in [0.25, 0.3) is 0 Å². The molecular weight excluding hydrogens is 532 g/mol. The number of hydrogen-bond acceptors (Lipinski definition) is 3. The number of benzene rings is 2. The molecule has 0 aromatic heterocycles. The van der Waals surface area contributed by atoms with E-state index in [1.54, 1.807) is 19.2 Å². The fraction of sp³-hybridized carbons (Fsp3) is 0.440. The van der Waals surface area contributed by atoms with Crippen LogP contribution in [0.3, 0.4) is 0 Å². The molecule has 0 unspecified atom stereocenters. The molecular formula is C25H33FIN5O. The average molecular weight is 565 g/mol. The van der Waals surface area contributed by atoms with E-state index in [2.05, 4.69) is 38.7 Å². The summed E-state index contributed by atoms with van der Waals surface area (Å²) in [5.74, 6) is 0.847. The first-order chi connectivity index (χ1) is 15.6. The van der Waals surface area contributed by atoms with E-state index in [9.17, 15) is 9.18 Å². The van der Waals surface area contributed by atoms with E-state index >= 15 is 0 Å². The van der Waals surface area contributed by atoms with Gasteiger partial charge in [-0.2, -0.15) is 0 Å². The summed E-state index contributed by atoms with van der Waals surface area (Å²) in [5, 5.41) is 6.93. The Morgan fingerprint density at radius 1 is 1.09 bits per heavy atom. The molecule has 178 valence electrons. The number of likely N-dealkylation sites (tertiary alicyclic amines) is 1. The van der Waals surface area contributed by atoms with Crippen LogP contribution in [0.25, 0.3) is 0 Å². The van der Waals surface area contributed by atoms with Crippen LogP contribution in [0, 0.1) is 5.82 Å². The van der Waals surface area contributed by atoms with Crippen molar-refractivity contribution in [2.75, 3.05) is 31.6 Å². The maximum atomic E-state index is 13.5. The predicted octanol–water partition coefficient (Wildman–Crippen LogP) is 3.90. The first kappa shape index (κ1) is 25.3. The lowest BCUT2D eigenvalue weighted by Crippen LogP contribution is -2.48. The summed E-state index contributed by atoms with van der Waals surface area (Å²) >= 11 is 0. The summed E-state index contributed by atoms with van der Waals surface area (Å²) in [4.78, 5) is 20.4. The predicted molar refractivity (Wildman–Crippen MR) is 141 cm³/mol. The van der Waals surface area contributed by atoms with E-state index in [0.717, 1.165) is 61.7 Å². The number of hydrogen-bond donors (Lipinski definition) is 2. The number of nitrogens with zero attached hydrogens (tertiary/aromatic N) is 3. The molecule has 33 heavy (non-hydrogen) atoms. The summed E-state index contributed by atoms with van der Waals surface area (Å²) in [6.45, 7) is 3.98. The second-order valence-electron chi connectivity index (χ2n) is 8.55. The van der Waals surface area contributed by atoms with E-state index in [1.807, 2.05) is 17.0 Å². The van der Waals surface area contributed by atoms with E-state index < -0.39 is 0 Å². The monoisotopic (exact) mass is 565 g/mol. The van der Waals surface area contributed by atoms with Gasteiger partial charge < -0.3 is 20.4 Å². The van der Waals surface area contributed by atoms with Gasteiger partial charge in [-0.1, -0.05) is 30.3 Å². The van der Waals surface area contributed by atoms with Crippen LogP contribution < -0.4 is 15.5 Å². The molecule has 0 radical (unpaired) electrons. The Morgan fingerprint density at radius 2 is 1.85 bits per heavy atom. The quantitative estimate of drug-likeness (QED) is 0.317. The lowest BCUT2D eigenvalue weighted by molar-refractivity contribution is -0.128. The van der Waals surface area contributed by atoms with Crippen molar-refractivity contribution < 1.29 is 9.18 Å². The molecule has 2 fully saturated rings. The molecule has 2 saturated heterocycles. The molecule has 0 aliphatic carbocycles. The molecule has 2 aromatic rings. The molecule has 2 aromatic carbocycles. The van der Waals surface area contributed by atoms with Crippen LogP contribution in [0.1, 0.15) is 36.8 Å². The third-order valence-corrected chi connectivity index (χ3v) is 6.23. The van der Waals surface area contributed by atoms with Crippen molar-refractivity contribution in [2.24, 2.45) is 4.99 Å². The molecule has 6 nitrogen and oxygen atoms in total. The number of piperidine rings is 1. The number of halogens is 2. The molecule has 1 amide bonds. The number of amides is 1. The topological polar surface area (TPSA) is 60.0 Å². The Morgan fingerprint density at radius 3 is 2.55 bits per heavy atom. The summed E-state index contributed by atoms with van der Waals surface area (Å²) in [7, 11) is 1.78. The minimum Gasteiger partial charge on any atom is -0.371 e. The Kier molecular flexibility index (Phi) is 9.34. The van der Waals surface area contributed by atoms with Crippen LogP contribution in [0.15, 0.2) is 53.5 Å². The highest BCUT2D eigenvalue weighted by Gasteiger charge is 2.21. The molecule has 8 heteroatoms. The van der Waals surface area contributed by atoms with Crippen molar-refractivity contribution in [1.82, 2.24) is 15.5 Å². The van der Waals surface area contributed by atoms with Crippen LogP contribution in [0.5, 0.6) is 0 Å². The van der Waals surface area contributed by atoms with Crippen LogP contribution in [-0.2, 0) is 17.9 Å². The van der Waals surface area contributed by atoms with Gasteiger partial charge in [0.15, 0.2) is 5.96 Å². The molecule has 2 heterocycles. The molecule has 0 atom stereocenters. The number of guanidine groups is 1. The van der Waals surface area contributed by atoms with Gasteiger partial charge in [-0.05, 0) is 48.6 Å². The first-order valence-electron chi connectivity index (χ1n) is 11.4. The minimum absolute atomic E-state index is 0. The smallest absolute Gasteiger partial charge is 0.222 e. The van der Waals surface area contributed by atoms with Crippen molar-refractivity contribution in [1.29, 1.82) is 0 Å². The highest BCUT2D eigenvalue weighted by Crippen LogP contribution is 2.21. The highest BCUT2D eigenvalue weighted by atomic mass is 127. The fourth-order valence-electron chi connectivity index (χ4n) is 4.46. The van der Waals surface area contributed by atoms with E-state index in [-0.39, 0.29) is 35.7 Å². The largest absolute Gasteiger partial charge is 0.371 e. The molecule has 4 rings (SSSR count). The number of nitrogens with one attached hydrogen (secondary N) is 2. The second kappa shape index (κ2) is 12.2. The summed E-state index contributed by atoms with van der Waals surface area (Å²) in [6, 6.07) is 15.5. The maximum absolute atomic E-state index is 13.5. The molecule has 2 aliphatic heterocycles. The minimum atomic E-state index is -0.191. The van der Waals surface area contributed by atoms with Gasteiger partial charge in [-0.3, -0.25) is 9.79 Å². The van der Waals surface area contributed by atoms with E-state index in [0.29, 0.717) is 25.6 Å². The zero-order valence-corrected chi connectivity index (χ0v) is 21.4. The summed E-state index contributed by atoms with van der Waals surface area (Å²) in [6.07, 6.45) is 3.57. The SMILES string of the molecule is CN=C(NCc1cccc(CN2CCCC2=O)c1)NC1CCN(c2cccc(F)c2)CC1.I. The molecule has 0 bridgehead atoms. The standard InChI is InChI=1S/C25H32FN5O.HI/c1-27-25(29-22-10-13-30(14-11-22)23-8-3-7-21(26)16-23)28-17-19-5-2-6-20(15-19)18-31-12-4-9-24(31)32;/h2-3,5-8,15-16,22H,4,9-14,17-18H2,1H3,(H2,27,28,29);1H. The zero-order valence-electron chi connectivity index (χ0n) is 19.1. The van der Waals surface area contributed by atoms with Crippen molar-refractivity contribution in [2.45, 2.75) is 44.8 Å². The van der Waals surface area contributed by atoms with Crippen molar-refractivity contribution in [3.05, 3.63) is 65.5 Å². The Hall–Kier alpha value is -2.36. The van der Waals surface area contributed by atoms with Gasteiger partial charge in [0, 0.05) is 57.9 Å². The average Bonchev–Trinajstić information content (AvgIpc) is 3.21.